The largest absolute Gasteiger partial charge is 0.381 e. The molecule has 0 aliphatic carbocycles. The van der Waals surface area contributed by atoms with Crippen LogP contribution in [0.2, 0.25) is 0 Å². The zero-order valence-electron chi connectivity index (χ0n) is 8.00. The molecule has 0 radical (unpaired) electrons. The molecule has 1 aliphatic heterocycles. The van der Waals surface area contributed by atoms with Crippen molar-refractivity contribution in [3.8, 4) is 0 Å². The average Bonchev–Trinajstić information content (AvgIpc) is 2.23. The summed E-state index contributed by atoms with van der Waals surface area (Å²) in [6.07, 6.45) is 4.12. The lowest BCUT2D eigenvalue weighted by Crippen LogP contribution is -2.06. The van der Waals surface area contributed by atoms with Gasteiger partial charge in [-0.05, 0) is 30.5 Å². The Morgan fingerprint density at radius 3 is 2.36 bits per heavy atom. The Balaban J connectivity index is 2.11. The summed E-state index contributed by atoms with van der Waals surface area (Å²) >= 11 is 0. The van der Waals surface area contributed by atoms with Crippen LogP contribution in [0.5, 0.6) is 0 Å². The van der Waals surface area contributed by atoms with Crippen LogP contribution in [-0.2, 0) is 4.74 Å². The Bertz CT molecular complexity index is 319. The Morgan fingerprint density at radius 1 is 1.07 bits per heavy atom. The van der Waals surface area contributed by atoms with Crippen LogP contribution in [0, 0.1) is 5.82 Å². The van der Waals surface area contributed by atoms with E-state index in [4.69, 9.17) is 4.74 Å². The van der Waals surface area contributed by atoms with Crippen molar-refractivity contribution in [2.75, 3.05) is 13.2 Å². The molecule has 0 unspecified atom stereocenters. The maximum Gasteiger partial charge on any atom is 0.123 e. The lowest BCUT2D eigenvalue weighted by Gasteiger charge is -2.14. The summed E-state index contributed by atoms with van der Waals surface area (Å²) in [5, 5.41) is 0. The molecule has 0 N–H and O–H groups in total. The molecular formula is C12H13FO. The third-order valence-corrected chi connectivity index (χ3v) is 2.38. The van der Waals surface area contributed by atoms with Gasteiger partial charge in [-0.25, -0.2) is 4.39 Å². The summed E-state index contributed by atoms with van der Waals surface area (Å²) in [7, 11) is 0. The molecule has 0 saturated carbocycles. The zero-order chi connectivity index (χ0) is 9.80. The minimum atomic E-state index is -0.181. The minimum Gasteiger partial charge on any atom is -0.381 e. The Labute approximate surface area is 83.2 Å². The number of rotatable bonds is 1. The number of benzene rings is 1. The summed E-state index contributed by atoms with van der Waals surface area (Å²) in [6.45, 7) is 1.63. The van der Waals surface area contributed by atoms with Gasteiger partial charge in [-0.15, -0.1) is 0 Å². The SMILES string of the molecule is Fc1ccc(C=C2CCOCC2)cc1. The third-order valence-electron chi connectivity index (χ3n) is 2.38. The van der Waals surface area contributed by atoms with Gasteiger partial charge < -0.3 is 4.74 Å². The lowest BCUT2D eigenvalue weighted by atomic mass is 10.0. The first-order valence-corrected chi connectivity index (χ1v) is 4.87. The number of halogens is 1. The second-order valence-corrected chi connectivity index (χ2v) is 3.47. The fourth-order valence-corrected chi connectivity index (χ4v) is 1.57. The van der Waals surface area contributed by atoms with E-state index in [-0.39, 0.29) is 5.82 Å². The van der Waals surface area contributed by atoms with E-state index in [9.17, 15) is 4.39 Å². The van der Waals surface area contributed by atoms with Gasteiger partial charge in [0, 0.05) is 0 Å². The van der Waals surface area contributed by atoms with Crippen LogP contribution < -0.4 is 0 Å². The fraction of sp³-hybridized carbons (Fsp3) is 0.333. The van der Waals surface area contributed by atoms with Gasteiger partial charge in [-0.3, -0.25) is 0 Å². The Morgan fingerprint density at radius 2 is 1.71 bits per heavy atom. The third kappa shape index (κ3) is 2.42. The molecule has 0 bridgehead atoms. The maximum atomic E-state index is 12.6. The zero-order valence-corrected chi connectivity index (χ0v) is 8.00. The predicted molar refractivity (Wildman–Crippen MR) is 54.4 cm³/mol. The highest BCUT2D eigenvalue weighted by Gasteiger charge is 2.04. The van der Waals surface area contributed by atoms with E-state index >= 15 is 0 Å². The highest BCUT2D eigenvalue weighted by molar-refractivity contribution is 5.52. The van der Waals surface area contributed by atoms with Crippen LogP contribution in [0.3, 0.4) is 0 Å². The monoisotopic (exact) mass is 192 g/mol. The van der Waals surface area contributed by atoms with E-state index in [1.54, 1.807) is 12.1 Å². The molecule has 0 spiro atoms. The maximum absolute atomic E-state index is 12.6. The van der Waals surface area contributed by atoms with Crippen molar-refractivity contribution in [1.29, 1.82) is 0 Å². The second-order valence-electron chi connectivity index (χ2n) is 3.47. The van der Waals surface area contributed by atoms with Crippen LogP contribution in [0.15, 0.2) is 29.8 Å². The van der Waals surface area contributed by atoms with Crippen molar-refractivity contribution < 1.29 is 9.13 Å². The molecule has 1 aromatic rings. The van der Waals surface area contributed by atoms with Crippen molar-refractivity contribution in [3.05, 3.63) is 41.2 Å². The normalized spacial score (nSPS) is 16.8. The van der Waals surface area contributed by atoms with E-state index in [2.05, 4.69) is 6.08 Å². The summed E-state index contributed by atoms with van der Waals surface area (Å²) in [4.78, 5) is 0. The number of hydrogen-bond acceptors (Lipinski definition) is 1. The van der Waals surface area contributed by atoms with Gasteiger partial charge in [-0.2, -0.15) is 0 Å². The van der Waals surface area contributed by atoms with Crippen molar-refractivity contribution in [2.24, 2.45) is 0 Å². The number of hydrogen-bond donors (Lipinski definition) is 0. The van der Waals surface area contributed by atoms with Gasteiger partial charge >= 0.3 is 0 Å². The van der Waals surface area contributed by atoms with Gasteiger partial charge in [0.05, 0.1) is 13.2 Å². The fourth-order valence-electron chi connectivity index (χ4n) is 1.57. The van der Waals surface area contributed by atoms with Gasteiger partial charge in [0.25, 0.3) is 0 Å². The average molecular weight is 192 g/mol. The lowest BCUT2D eigenvalue weighted by molar-refractivity contribution is 0.119. The number of ether oxygens (including phenoxy) is 1. The van der Waals surface area contributed by atoms with E-state index in [1.165, 1.54) is 17.7 Å². The first-order chi connectivity index (χ1) is 6.84. The summed E-state index contributed by atoms with van der Waals surface area (Å²) in [5.41, 5.74) is 2.46. The van der Waals surface area contributed by atoms with Crippen molar-refractivity contribution in [3.63, 3.8) is 0 Å². The van der Waals surface area contributed by atoms with Crippen molar-refractivity contribution in [1.82, 2.24) is 0 Å². The molecule has 1 nitrogen and oxygen atoms in total. The highest BCUT2D eigenvalue weighted by Crippen LogP contribution is 2.17. The summed E-state index contributed by atoms with van der Waals surface area (Å²) in [5.74, 6) is -0.181. The van der Waals surface area contributed by atoms with E-state index in [0.29, 0.717) is 0 Å². The molecule has 0 aromatic heterocycles. The molecule has 2 heteroatoms. The van der Waals surface area contributed by atoms with Gasteiger partial charge in [-0.1, -0.05) is 23.8 Å². The van der Waals surface area contributed by atoms with Crippen molar-refractivity contribution in [2.45, 2.75) is 12.8 Å². The van der Waals surface area contributed by atoms with E-state index in [0.717, 1.165) is 31.6 Å². The molecule has 0 atom stereocenters. The standard InChI is InChI=1S/C12H13FO/c13-12-3-1-10(2-4-12)9-11-5-7-14-8-6-11/h1-4,9H,5-8H2. The van der Waals surface area contributed by atoms with Crippen LogP contribution >= 0.6 is 0 Å². The molecule has 2 rings (SSSR count). The highest BCUT2D eigenvalue weighted by atomic mass is 19.1. The van der Waals surface area contributed by atoms with E-state index < -0.39 is 0 Å². The molecule has 14 heavy (non-hydrogen) atoms. The first-order valence-electron chi connectivity index (χ1n) is 4.87. The summed E-state index contributed by atoms with van der Waals surface area (Å²) < 4.78 is 17.9. The van der Waals surface area contributed by atoms with Crippen molar-refractivity contribution >= 4 is 6.08 Å². The van der Waals surface area contributed by atoms with Gasteiger partial charge in [0.15, 0.2) is 0 Å². The minimum absolute atomic E-state index is 0.181. The van der Waals surface area contributed by atoms with Gasteiger partial charge in [0.1, 0.15) is 5.82 Å². The van der Waals surface area contributed by atoms with Crippen LogP contribution in [0.1, 0.15) is 18.4 Å². The Hall–Kier alpha value is -1.15. The second kappa shape index (κ2) is 4.38. The molecular weight excluding hydrogens is 179 g/mol. The van der Waals surface area contributed by atoms with Gasteiger partial charge in [0.2, 0.25) is 0 Å². The molecule has 1 aromatic carbocycles. The van der Waals surface area contributed by atoms with Crippen LogP contribution in [-0.4, -0.2) is 13.2 Å². The molecule has 74 valence electrons. The van der Waals surface area contributed by atoms with Crippen LogP contribution in [0.4, 0.5) is 4.39 Å². The smallest absolute Gasteiger partial charge is 0.123 e. The van der Waals surface area contributed by atoms with Crippen LogP contribution in [0.25, 0.3) is 6.08 Å². The van der Waals surface area contributed by atoms with E-state index in [1.807, 2.05) is 0 Å². The molecule has 0 amide bonds. The topological polar surface area (TPSA) is 9.23 Å². The molecule has 1 fully saturated rings. The molecule has 1 heterocycles. The summed E-state index contributed by atoms with van der Waals surface area (Å²) in [6, 6.07) is 6.59. The first kappa shape index (κ1) is 9.41. The molecule has 1 saturated heterocycles. The Kier molecular flexibility index (Phi) is 2.94. The molecule has 1 aliphatic rings. The quantitative estimate of drug-likeness (QED) is 0.664. The predicted octanol–water partition coefficient (Wildman–Crippen LogP) is 3.02.